The summed E-state index contributed by atoms with van der Waals surface area (Å²) >= 11 is 5.93. The molecule has 0 unspecified atom stereocenters. The van der Waals surface area contributed by atoms with Gasteiger partial charge in [-0.05, 0) is 24.3 Å². The van der Waals surface area contributed by atoms with Crippen LogP contribution in [0.1, 0.15) is 15.9 Å². The van der Waals surface area contributed by atoms with Crippen LogP contribution in [-0.2, 0) is 11.3 Å². The van der Waals surface area contributed by atoms with E-state index in [1.54, 1.807) is 24.4 Å². The Balaban J connectivity index is 1.47. The van der Waals surface area contributed by atoms with Gasteiger partial charge in [0.15, 0.2) is 0 Å². The van der Waals surface area contributed by atoms with Crippen molar-refractivity contribution in [2.75, 3.05) is 31.2 Å². The molecule has 0 bridgehead atoms. The lowest BCUT2D eigenvalue weighted by Crippen LogP contribution is -2.37. The number of pyridine rings is 1. The molecule has 148 valence electrons. The number of hydrogen-bond donors (Lipinski definition) is 1. The lowest BCUT2D eigenvalue weighted by atomic mass is 10.1. The largest absolute Gasteiger partial charge is 0.378 e. The van der Waals surface area contributed by atoms with Gasteiger partial charge in [0, 0.05) is 42.0 Å². The number of halogens is 1. The normalized spacial score (nSPS) is 13.9. The van der Waals surface area contributed by atoms with Gasteiger partial charge < -0.3 is 15.0 Å². The van der Waals surface area contributed by atoms with Gasteiger partial charge in [-0.15, -0.1) is 0 Å². The summed E-state index contributed by atoms with van der Waals surface area (Å²) in [6, 6.07) is 12.8. The SMILES string of the molecule is O=C(NCc1cccnc1N1CCOCC1)c1cnnc(-c2ccc(Cl)cc2)c1. The molecule has 0 aliphatic carbocycles. The van der Waals surface area contributed by atoms with Crippen LogP contribution in [0.15, 0.2) is 54.9 Å². The van der Waals surface area contributed by atoms with Gasteiger partial charge in [-0.1, -0.05) is 29.8 Å². The molecule has 3 heterocycles. The van der Waals surface area contributed by atoms with Gasteiger partial charge in [0.1, 0.15) is 5.82 Å². The highest BCUT2D eigenvalue weighted by Gasteiger charge is 2.16. The third-order valence-corrected chi connectivity index (χ3v) is 4.93. The van der Waals surface area contributed by atoms with Crippen LogP contribution in [0.3, 0.4) is 0 Å². The van der Waals surface area contributed by atoms with Crippen LogP contribution in [0, 0.1) is 0 Å². The topological polar surface area (TPSA) is 80.2 Å². The Morgan fingerprint density at radius 1 is 1.17 bits per heavy atom. The third kappa shape index (κ3) is 4.70. The Hall–Kier alpha value is -3.03. The summed E-state index contributed by atoms with van der Waals surface area (Å²) in [4.78, 5) is 19.4. The van der Waals surface area contributed by atoms with Crippen LogP contribution in [0.25, 0.3) is 11.3 Å². The number of aromatic nitrogens is 3. The number of carbonyl (C=O) groups is 1. The number of carbonyl (C=O) groups excluding carboxylic acids is 1. The molecule has 0 radical (unpaired) electrons. The fraction of sp³-hybridized carbons (Fsp3) is 0.238. The fourth-order valence-electron chi connectivity index (χ4n) is 3.16. The number of anilines is 1. The summed E-state index contributed by atoms with van der Waals surface area (Å²) < 4.78 is 5.41. The molecule has 29 heavy (non-hydrogen) atoms. The highest BCUT2D eigenvalue weighted by Crippen LogP contribution is 2.21. The highest BCUT2D eigenvalue weighted by atomic mass is 35.5. The van der Waals surface area contributed by atoms with E-state index in [2.05, 4.69) is 25.4 Å². The van der Waals surface area contributed by atoms with Crippen molar-refractivity contribution in [3.05, 3.63) is 71.0 Å². The number of benzene rings is 1. The van der Waals surface area contributed by atoms with Crippen LogP contribution in [0.4, 0.5) is 5.82 Å². The predicted octanol–water partition coefficient (Wildman–Crippen LogP) is 2.96. The highest BCUT2D eigenvalue weighted by molar-refractivity contribution is 6.30. The smallest absolute Gasteiger partial charge is 0.253 e. The van der Waals surface area contributed by atoms with E-state index in [4.69, 9.17) is 16.3 Å². The Morgan fingerprint density at radius 3 is 2.76 bits per heavy atom. The van der Waals surface area contributed by atoms with Crippen molar-refractivity contribution in [3.63, 3.8) is 0 Å². The molecule has 1 N–H and O–H groups in total. The lowest BCUT2D eigenvalue weighted by molar-refractivity contribution is 0.0950. The van der Waals surface area contributed by atoms with Gasteiger partial charge >= 0.3 is 0 Å². The van der Waals surface area contributed by atoms with E-state index in [0.717, 1.165) is 30.0 Å². The molecule has 0 spiro atoms. The maximum absolute atomic E-state index is 12.7. The zero-order valence-corrected chi connectivity index (χ0v) is 16.5. The van der Waals surface area contributed by atoms with Crippen molar-refractivity contribution in [3.8, 4) is 11.3 Å². The van der Waals surface area contributed by atoms with Gasteiger partial charge in [0.25, 0.3) is 5.91 Å². The number of nitrogens with one attached hydrogen (secondary N) is 1. The van der Waals surface area contributed by atoms with E-state index in [-0.39, 0.29) is 5.91 Å². The van der Waals surface area contributed by atoms with Gasteiger partial charge in [-0.25, -0.2) is 4.98 Å². The molecule has 7 nitrogen and oxygen atoms in total. The van der Waals surface area contributed by atoms with Crippen molar-refractivity contribution in [1.29, 1.82) is 0 Å². The molecular weight excluding hydrogens is 390 g/mol. The minimum Gasteiger partial charge on any atom is -0.378 e. The monoisotopic (exact) mass is 409 g/mol. The number of ether oxygens (including phenoxy) is 1. The first-order chi connectivity index (χ1) is 14.2. The molecule has 0 saturated carbocycles. The van der Waals surface area contributed by atoms with E-state index in [9.17, 15) is 4.79 Å². The molecule has 1 aliphatic heterocycles. The Kier molecular flexibility index (Phi) is 5.97. The first-order valence-electron chi connectivity index (χ1n) is 9.34. The van der Waals surface area contributed by atoms with E-state index in [1.807, 2.05) is 24.3 Å². The lowest BCUT2D eigenvalue weighted by Gasteiger charge is -2.29. The Morgan fingerprint density at radius 2 is 1.97 bits per heavy atom. The van der Waals surface area contributed by atoms with E-state index in [0.29, 0.717) is 36.0 Å². The number of nitrogens with zero attached hydrogens (tertiary/aromatic N) is 4. The first kappa shape index (κ1) is 19.3. The van der Waals surface area contributed by atoms with Crippen molar-refractivity contribution >= 4 is 23.3 Å². The minimum absolute atomic E-state index is 0.216. The van der Waals surface area contributed by atoms with E-state index >= 15 is 0 Å². The number of hydrogen-bond acceptors (Lipinski definition) is 6. The van der Waals surface area contributed by atoms with Gasteiger partial charge in [0.2, 0.25) is 0 Å². The third-order valence-electron chi connectivity index (χ3n) is 4.67. The first-order valence-corrected chi connectivity index (χ1v) is 9.72. The second kappa shape index (κ2) is 8.98. The molecule has 4 rings (SSSR count). The molecule has 1 aromatic carbocycles. The zero-order valence-electron chi connectivity index (χ0n) is 15.7. The minimum atomic E-state index is -0.216. The second-order valence-corrected chi connectivity index (χ2v) is 7.04. The van der Waals surface area contributed by atoms with E-state index < -0.39 is 0 Å². The maximum atomic E-state index is 12.7. The summed E-state index contributed by atoms with van der Waals surface area (Å²) in [5, 5.41) is 11.7. The summed E-state index contributed by atoms with van der Waals surface area (Å²) in [6.45, 7) is 3.31. The van der Waals surface area contributed by atoms with Crippen LogP contribution < -0.4 is 10.2 Å². The van der Waals surface area contributed by atoms with Gasteiger partial charge in [0.05, 0.1) is 30.7 Å². The van der Waals surface area contributed by atoms with Crippen LogP contribution >= 0.6 is 11.6 Å². The molecule has 1 amide bonds. The quantitative estimate of drug-likeness (QED) is 0.697. The molecule has 1 saturated heterocycles. The average molecular weight is 410 g/mol. The van der Waals surface area contributed by atoms with Crippen LogP contribution in [0.2, 0.25) is 5.02 Å². The fourth-order valence-corrected chi connectivity index (χ4v) is 3.28. The molecular formula is C21H20ClN5O2. The summed E-state index contributed by atoms with van der Waals surface area (Å²) in [5.41, 5.74) is 2.87. The summed E-state index contributed by atoms with van der Waals surface area (Å²) in [6.07, 6.45) is 3.22. The maximum Gasteiger partial charge on any atom is 0.253 e. The summed E-state index contributed by atoms with van der Waals surface area (Å²) in [5.74, 6) is 0.665. The molecule has 0 atom stereocenters. The van der Waals surface area contributed by atoms with Crippen molar-refractivity contribution in [2.24, 2.45) is 0 Å². The zero-order chi connectivity index (χ0) is 20.1. The molecule has 1 fully saturated rings. The van der Waals surface area contributed by atoms with Crippen molar-refractivity contribution in [1.82, 2.24) is 20.5 Å². The Bertz CT molecular complexity index is 990. The predicted molar refractivity (Wildman–Crippen MR) is 111 cm³/mol. The number of rotatable bonds is 5. The van der Waals surface area contributed by atoms with Crippen LogP contribution in [-0.4, -0.2) is 47.4 Å². The second-order valence-electron chi connectivity index (χ2n) is 6.60. The van der Waals surface area contributed by atoms with Crippen molar-refractivity contribution < 1.29 is 9.53 Å². The van der Waals surface area contributed by atoms with Crippen molar-refractivity contribution in [2.45, 2.75) is 6.54 Å². The number of amides is 1. The van der Waals surface area contributed by atoms with Gasteiger partial charge in [-0.3, -0.25) is 4.79 Å². The Labute approximate surface area is 173 Å². The molecule has 1 aliphatic rings. The molecule has 3 aromatic rings. The standard InChI is InChI=1S/C21H20ClN5O2/c22-18-5-3-15(4-6-18)19-12-17(14-25-26-19)21(28)24-13-16-2-1-7-23-20(16)27-8-10-29-11-9-27/h1-7,12,14H,8-11,13H2,(H,24,28). The summed E-state index contributed by atoms with van der Waals surface area (Å²) in [7, 11) is 0. The van der Waals surface area contributed by atoms with E-state index in [1.165, 1.54) is 6.20 Å². The molecule has 2 aromatic heterocycles. The number of morpholine rings is 1. The molecule has 8 heteroatoms. The average Bonchev–Trinajstić information content (AvgIpc) is 2.79. The van der Waals surface area contributed by atoms with Crippen LogP contribution in [0.5, 0.6) is 0 Å². The van der Waals surface area contributed by atoms with Gasteiger partial charge in [-0.2, -0.15) is 10.2 Å².